The summed E-state index contributed by atoms with van der Waals surface area (Å²) in [4.78, 5) is 16.2. The molecule has 1 atom stereocenters. The molecule has 4 aromatic rings. The molecule has 0 N–H and O–H groups in total. The van der Waals surface area contributed by atoms with Crippen LogP contribution < -0.4 is 20.7 Å². The molecule has 1 saturated heterocycles. The first-order valence-electron chi connectivity index (χ1n) is 11.7. The van der Waals surface area contributed by atoms with E-state index in [2.05, 4.69) is 97.1 Å². The number of rotatable bonds is 7. The quantitative estimate of drug-likeness (QED) is 0.367. The average Bonchev–Trinajstić information content (AvgIpc) is 3.26. The number of hydrogen-bond donors (Lipinski definition) is 0. The lowest BCUT2D eigenvalue weighted by Crippen LogP contribution is -2.42. The van der Waals surface area contributed by atoms with Crippen LogP contribution in [0.5, 0.6) is 5.75 Å². The molecule has 1 amide bonds. The predicted octanol–water partition coefficient (Wildman–Crippen LogP) is 4.79. The van der Waals surface area contributed by atoms with Crippen LogP contribution in [0.15, 0.2) is 115 Å². The Bertz CT molecular complexity index is 1150. The molecule has 1 fully saturated rings. The Hall–Kier alpha value is -3.42. The Morgan fingerprint density at radius 2 is 1.29 bits per heavy atom. The molecule has 1 aliphatic rings. The van der Waals surface area contributed by atoms with Crippen molar-refractivity contribution < 1.29 is 9.53 Å². The van der Waals surface area contributed by atoms with Crippen LogP contribution in [0.3, 0.4) is 0 Å². The van der Waals surface area contributed by atoms with E-state index >= 15 is 0 Å². The molecule has 170 valence electrons. The van der Waals surface area contributed by atoms with E-state index in [1.165, 1.54) is 15.9 Å². The smallest absolute Gasteiger partial charge is 0.264 e. The molecular formula is C30H29NO2P+. The monoisotopic (exact) mass is 466 g/mol. The molecule has 3 nitrogen and oxygen atoms in total. The zero-order valence-electron chi connectivity index (χ0n) is 19.4. The molecule has 34 heavy (non-hydrogen) atoms. The third-order valence-electron chi connectivity index (χ3n) is 6.73. The minimum absolute atomic E-state index is 0.0923. The first kappa shape index (κ1) is 22.4. The largest absolute Gasteiger partial charge is 0.497 e. The van der Waals surface area contributed by atoms with Gasteiger partial charge in [-0.15, -0.1) is 0 Å². The minimum atomic E-state index is -2.23. The first-order valence-corrected chi connectivity index (χ1v) is 13.6. The van der Waals surface area contributed by atoms with E-state index in [9.17, 15) is 4.79 Å². The highest BCUT2D eigenvalue weighted by atomic mass is 31.2. The van der Waals surface area contributed by atoms with Gasteiger partial charge < -0.3 is 9.64 Å². The Morgan fingerprint density at radius 3 is 1.79 bits per heavy atom. The van der Waals surface area contributed by atoms with Crippen LogP contribution in [0.2, 0.25) is 0 Å². The Labute approximate surface area is 202 Å². The van der Waals surface area contributed by atoms with Gasteiger partial charge in [-0.2, -0.15) is 0 Å². The van der Waals surface area contributed by atoms with Crippen molar-refractivity contribution in [1.29, 1.82) is 0 Å². The van der Waals surface area contributed by atoms with Crippen molar-refractivity contribution in [2.24, 2.45) is 0 Å². The Morgan fingerprint density at radius 1 is 0.765 bits per heavy atom. The molecule has 1 unspecified atom stereocenters. The van der Waals surface area contributed by atoms with Crippen LogP contribution in [0.4, 0.5) is 0 Å². The summed E-state index contributed by atoms with van der Waals surface area (Å²) in [5, 5.41) is 3.77. The van der Waals surface area contributed by atoms with Crippen LogP contribution >= 0.6 is 7.26 Å². The first-order chi connectivity index (χ1) is 16.7. The average molecular weight is 467 g/mol. The van der Waals surface area contributed by atoms with Gasteiger partial charge in [0.1, 0.15) is 28.9 Å². The lowest BCUT2D eigenvalue weighted by molar-refractivity contribution is -0.127. The van der Waals surface area contributed by atoms with Crippen molar-refractivity contribution in [3.8, 4) is 5.75 Å². The van der Waals surface area contributed by atoms with Gasteiger partial charge in [0.2, 0.25) is 0 Å². The number of nitrogens with zero attached hydrogens (tertiary/aromatic N) is 1. The van der Waals surface area contributed by atoms with Gasteiger partial charge in [0.15, 0.2) is 5.66 Å². The summed E-state index contributed by atoms with van der Waals surface area (Å²) < 4.78 is 5.40. The second-order valence-electron chi connectivity index (χ2n) is 8.65. The molecule has 5 rings (SSSR count). The highest BCUT2D eigenvalue weighted by Crippen LogP contribution is 2.62. The van der Waals surface area contributed by atoms with Crippen molar-refractivity contribution in [3.63, 3.8) is 0 Å². The fraction of sp³-hybridized carbons (Fsp3) is 0.167. The number of benzene rings is 4. The molecule has 4 aromatic carbocycles. The normalized spacial score (nSPS) is 16.0. The highest BCUT2D eigenvalue weighted by Gasteiger charge is 2.58. The molecule has 0 aliphatic carbocycles. The molecule has 0 radical (unpaired) electrons. The van der Waals surface area contributed by atoms with Crippen molar-refractivity contribution >= 4 is 29.1 Å². The fourth-order valence-electron chi connectivity index (χ4n) is 5.21. The van der Waals surface area contributed by atoms with Gasteiger partial charge in [-0.05, 0) is 54.1 Å². The molecular weight excluding hydrogens is 437 g/mol. The van der Waals surface area contributed by atoms with Crippen LogP contribution in [-0.2, 0) is 11.3 Å². The summed E-state index contributed by atoms with van der Waals surface area (Å²) in [5.41, 5.74) is 1.00. The molecule has 0 spiro atoms. The Kier molecular flexibility index (Phi) is 6.47. The van der Waals surface area contributed by atoms with E-state index in [-0.39, 0.29) is 11.6 Å². The van der Waals surface area contributed by atoms with Crippen LogP contribution in [0, 0.1) is 0 Å². The van der Waals surface area contributed by atoms with E-state index in [0.717, 1.165) is 24.3 Å². The summed E-state index contributed by atoms with van der Waals surface area (Å²) >= 11 is 0. The molecule has 0 aromatic heterocycles. The van der Waals surface area contributed by atoms with Gasteiger partial charge in [-0.3, -0.25) is 4.79 Å². The van der Waals surface area contributed by atoms with Crippen molar-refractivity contribution in [2.75, 3.05) is 13.7 Å². The molecule has 0 saturated carbocycles. The van der Waals surface area contributed by atoms with Crippen LogP contribution in [0.1, 0.15) is 12.0 Å². The number of methoxy groups -OCH3 is 1. The van der Waals surface area contributed by atoms with E-state index < -0.39 is 7.26 Å². The van der Waals surface area contributed by atoms with E-state index in [1.807, 2.05) is 23.1 Å². The minimum Gasteiger partial charge on any atom is -0.497 e. The molecule has 1 heterocycles. The highest BCUT2D eigenvalue weighted by molar-refractivity contribution is 7.96. The summed E-state index contributed by atoms with van der Waals surface area (Å²) in [6, 6.07) is 40.1. The van der Waals surface area contributed by atoms with E-state index in [0.29, 0.717) is 6.54 Å². The van der Waals surface area contributed by atoms with E-state index in [1.54, 1.807) is 7.11 Å². The summed E-state index contributed by atoms with van der Waals surface area (Å²) in [5.74, 6) is 1.06. The topological polar surface area (TPSA) is 29.5 Å². The SMILES string of the molecule is COc1cccc(CN2CCC([P+](c3ccccc3)(c3ccccc3)c3ccccc3)C2=O)c1. The maximum atomic E-state index is 14.2. The number of carbonyl (C=O) groups excluding carboxylic acids is 1. The zero-order chi connectivity index (χ0) is 23.4. The predicted molar refractivity (Wildman–Crippen MR) is 142 cm³/mol. The zero-order valence-corrected chi connectivity index (χ0v) is 20.3. The maximum Gasteiger partial charge on any atom is 0.264 e. The molecule has 0 bridgehead atoms. The van der Waals surface area contributed by atoms with Gasteiger partial charge in [-0.25, -0.2) is 0 Å². The standard InChI is InChI=1S/C30H29NO2P/c1-33-25-13-11-12-24(22-25)23-31-21-20-29(30(31)32)34(26-14-5-2-6-15-26,27-16-7-3-8-17-27)28-18-9-4-10-19-28/h2-19,22,29H,20-21,23H2,1H3/q+1. The number of hydrogen-bond acceptors (Lipinski definition) is 2. The van der Waals surface area contributed by atoms with E-state index in [4.69, 9.17) is 4.74 Å². The van der Waals surface area contributed by atoms with Gasteiger partial charge in [0, 0.05) is 19.5 Å². The summed E-state index contributed by atoms with van der Waals surface area (Å²) in [7, 11) is -0.555. The third kappa shape index (κ3) is 4.02. The lowest BCUT2D eigenvalue weighted by Gasteiger charge is -2.32. The number of amides is 1. The second kappa shape index (κ2) is 9.83. The van der Waals surface area contributed by atoms with Crippen LogP contribution in [-0.4, -0.2) is 30.1 Å². The van der Waals surface area contributed by atoms with Gasteiger partial charge in [0.05, 0.1) is 7.11 Å². The van der Waals surface area contributed by atoms with Gasteiger partial charge in [0.25, 0.3) is 5.91 Å². The summed E-state index contributed by atoms with van der Waals surface area (Å²) in [6.07, 6.45) is 0.843. The molecule has 1 aliphatic heterocycles. The lowest BCUT2D eigenvalue weighted by atomic mass is 10.2. The number of ether oxygens (including phenoxy) is 1. The summed E-state index contributed by atoms with van der Waals surface area (Å²) in [6.45, 7) is 1.36. The second-order valence-corrected chi connectivity index (χ2v) is 12.3. The van der Waals surface area contributed by atoms with Crippen molar-refractivity contribution in [3.05, 3.63) is 121 Å². The van der Waals surface area contributed by atoms with Gasteiger partial charge in [-0.1, -0.05) is 66.7 Å². The van der Waals surface area contributed by atoms with Crippen LogP contribution in [0.25, 0.3) is 0 Å². The van der Waals surface area contributed by atoms with Crippen molar-refractivity contribution in [2.45, 2.75) is 18.6 Å². The van der Waals surface area contributed by atoms with Crippen molar-refractivity contribution in [1.82, 2.24) is 4.90 Å². The maximum absolute atomic E-state index is 14.2. The number of carbonyl (C=O) groups is 1. The Balaban J connectivity index is 1.62. The number of likely N-dealkylation sites (tertiary alicyclic amines) is 1. The third-order valence-corrected chi connectivity index (χ3v) is 11.5. The molecule has 4 heteroatoms. The van der Waals surface area contributed by atoms with Gasteiger partial charge >= 0.3 is 0 Å². The fourth-order valence-corrected chi connectivity index (χ4v) is 10.1.